The van der Waals surface area contributed by atoms with Crippen LogP contribution in [0.4, 0.5) is 0 Å². The van der Waals surface area contributed by atoms with E-state index in [0.717, 1.165) is 6.42 Å². The highest BCUT2D eigenvalue weighted by atomic mass is 35.5. The number of halogens is 1. The third-order valence-corrected chi connectivity index (χ3v) is 4.94. The zero-order valence-corrected chi connectivity index (χ0v) is 12.8. The lowest BCUT2D eigenvalue weighted by atomic mass is 10.1. The van der Waals surface area contributed by atoms with Gasteiger partial charge in [0.2, 0.25) is 5.91 Å². The Morgan fingerprint density at radius 3 is 3.00 bits per heavy atom. The number of hydrogen-bond acceptors (Lipinski definition) is 4. The number of nitrogens with zero attached hydrogens (tertiary/aromatic N) is 1. The molecule has 1 fully saturated rings. The van der Waals surface area contributed by atoms with E-state index in [1.54, 1.807) is 11.8 Å². The highest BCUT2D eigenvalue weighted by Gasteiger charge is 2.33. The van der Waals surface area contributed by atoms with Crippen LogP contribution >= 0.6 is 24.2 Å². The Kier molecular flexibility index (Phi) is 5.32. The molecule has 0 aromatic heterocycles. The van der Waals surface area contributed by atoms with Crippen LogP contribution in [0.3, 0.4) is 0 Å². The van der Waals surface area contributed by atoms with E-state index in [1.807, 2.05) is 17.0 Å². The second-order valence-corrected chi connectivity index (χ2v) is 6.18. The summed E-state index contributed by atoms with van der Waals surface area (Å²) in [6.07, 6.45) is 0.830. The SMILES string of the molecule is Cl.NCC1CN(C(=O)C2Cc3ccccc3S2)CCO1. The molecule has 0 bridgehead atoms. The minimum absolute atomic E-state index is 0. The lowest BCUT2D eigenvalue weighted by molar-refractivity contribution is -0.137. The van der Waals surface area contributed by atoms with Gasteiger partial charge in [0.1, 0.15) is 0 Å². The molecule has 2 N–H and O–H groups in total. The van der Waals surface area contributed by atoms with Crippen LogP contribution in [0.2, 0.25) is 0 Å². The van der Waals surface area contributed by atoms with Gasteiger partial charge in [0.05, 0.1) is 18.0 Å². The Balaban J connectivity index is 0.00000147. The van der Waals surface area contributed by atoms with Crippen molar-refractivity contribution in [2.24, 2.45) is 5.73 Å². The molecule has 2 heterocycles. The summed E-state index contributed by atoms with van der Waals surface area (Å²) >= 11 is 1.68. The summed E-state index contributed by atoms with van der Waals surface area (Å²) < 4.78 is 5.51. The van der Waals surface area contributed by atoms with Gasteiger partial charge in [-0.3, -0.25) is 4.79 Å². The molecule has 4 nitrogen and oxygen atoms in total. The average molecular weight is 315 g/mol. The molecule has 1 amide bonds. The average Bonchev–Trinajstić information content (AvgIpc) is 2.90. The molecule has 110 valence electrons. The molecule has 20 heavy (non-hydrogen) atoms. The predicted octanol–water partition coefficient (Wildman–Crippen LogP) is 1.31. The number of fused-ring (bicyclic) bond motifs is 1. The maximum absolute atomic E-state index is 12.5. The van der Waals surface area contributed by atoms with Crippen molar-refractivity contribution in [2.75, 3.05) is 26.2 Å². The smallest absolute Gasteiger partial charge is 0.236 e. The number of amides is 1. The van der Waals surface area contributed by atoms with Crippen LogP contribution in [0.5, 0.6) is 0 Å². The molecule has 3 rings (SSSR count). The maximum atomic E-state index is 12.5. The Morgan fingerprint density at radius 1 is 1.45 bits per heavy atom. The van der Waals surface area contributed by atoms with E-state index in [0.29, 0.717) is 26.2 Å². The van der Waals surface area contributed by atoms with Gasteiger partial charge < -0.3 is 15.4 Å². The fourth-order valence-electron chi connectivity index (χ4n) is 2.59. The lowest BCUT2D eigenvalue weighted by Crippen LogP contribution is -2.50. The minimum Gasteiger partial charge on any atom is -0.373 e. The number of nitrogens with two attached hydrogens (primary N) is 1. The summed E-state index contributed by atoms with van der Waals surface area (Å²) in [7, 11) is 0. The molecule has 2 atom stereocenters. The molecule has 1 aromatic carbocycles. The first-order valence-electron chi connectivity index (χ1n) is 6.63. The van der Waals surface area contributed by atoms with Gasteiger partial charge in [0.15, 0.2) is 0 Å². The summed E-state index contributed by atoms with van der Waals surface area (Å²) in [6.45, 7) is 2.38. The van der Waals surface area contributed by atoms with E-state index in [1.165, 1.54) is 10.5 Å². The van der Waals surface area contributed by atoms with E-state index >= 15 is 0 Å². The highest BCUT2D eigenvalue weighted by molar-refractivity contribution is 8.01. The van der Waals surface area contributed by atoms with Crippen LogP contribution in [-0.2, 0) is 16.0 Å². The summed E-state index contributed by atoms with van der Waals surface area (Å²) in [5.74, 6) is 0.225. The monoisotopic (exact) mass is 314 g/mol. The van der Waals surface area contributed by atoms with Crippen molar-refractivity contribution in [1.29, 1.82) is 0 Å². The normalized spacial score (nSPS) is 24.9. The fourth-order valence-corrected chi connectivity index (χ4v) is 3.86. The second-order valence-electron chi connectivity index (χ2n) is 4.93. The van der Waals surface area contributed by atoms with Crippen LogP contribution in [0, 0.1) is 0 Å². The van der Waals surface area contributed by atoms with E-state index in [4.69, 9.17) is 10.5 Å². The largest absolute Gasteiger partial charge is 0.373 e. The highest BCUT2D eigenvalue weighted by Crippen LogP contribution is 2.37. The van der Waals surface area contributed by atoms with Gasteiger partial charge in [0.25, 0.3) is 0 Å². The van der Waals surface area contributed by atoms with Crippen LogP contribution in [0.15, 0.2) is 29.2 Å². The fraction of sp³-hybridized carbons (Fsp3) is 0.500. The van der Waals surface area contributed by atoms with E-state index in [2.05, 4.69) is 12.1 Å². The summed E-state index contributed by atoms with van der Waals surface area (Å²) in [5.41, 5.74) is 6.91. The first-order valence-corrected chi connectivity index (χ1v) is 7.51. The van der Waals surface area contributed by atoms with E-state index in [-0.39, 0.29) is 29.7 Å². The summed E-state index contributed by atoms with van der Waals surface area (Å²) in [4.78, 5) is 15.7. The van der Waals surface area contributed by atoms with E-state index in [9.17, 15) is 4.79 Å². The maximum Gasteiger partial charge on any atom is 0.236 e. The molecular formula is C14H19ClN2O2S. The number of carbonyl (C=O) groups excluding carboxylic acids is 1. The van der Waals surface area contributed by atoms with Crippen molar-refractivity contribution in [3.8, 4) is 0 Å². The molecular weight excluding hydrogens is 296 g/mol. The quantitative estimate of drug-likeness (QED) is 0.894. The molecule has 2 aliphatic rings. The van der Waals surface area contributed by atoms with Crippen LogP contribution in [0.25, 0.3) is 0 Å². The van der Waals surface area contributed by atoms with Crippen molar-refractivity contribution in [3.63, 3.8) is 0 Å². The van der Waals surface area contributed by atoms with Gasteiger partial charge in [-0.1, -0.05) is 18.2 Å². The topological polar surface area (TPSA) is 55.6 Å². The van der Waals surface area contributed by atoms with Crippen molar-refractivity contribution in [3.05, 3.63) is 29.8 Å². The minimum atomic E-state index is -0.00789. The number of benzene rings is 1. The number of thioether (sulfide) groups is 1. The van der Waals surface area contributed by atoms with Gasteiger partial charge in [0, 0.05) is 24.5 Å². The van der Waals surface area contributed by atoms with Crippen LogP contribution in [0.1, 0.15) is 5.56 Å². The number of carbonyl (C=O) groups is 1. The first-order chi connectivity index (χ1) is 9.28. The number of rotatable bonds is 2. The van der Waals surface area contributed by atoms with Crippen molar-refractivity contribution in [2.45, 2.75) is 22.7 Å². The summed E-state index contributed by atoms with van der Waals surface area (Å²) in [5, 5.41) is 0.0222. The zero-order valence-electron chi connectivity index (χ0n) is 11.2. The molecule has 0 radical (unpaired) electrons. The van der Waals surface area contributed by atoms with Gasteiger partial charge >= 0.3 is 0 Å². The molecule has 1 aromatic rings. The van der Waals surface area contributed by atoms with Crippen molar-refractivity contribution >= 4 is 30.1 Å². The standard InChI is InChI=1S/C14H18N2O2S.ClH/c15-8-11-9-16(5-6-18-11)14(17)13-7-10-3-1-2-4-12(10)19-13;/h1-4,11,13H,5-9,15H2;1H. The zero-order chi connectivity index (χ0) is 13.2. The van der Waals surface area contributed by atoms with Crippen molar-refractivity contribution < 1.29 is 9.53 Å². The Labute approximate surface area is 129 Å². The molecule has 2 aliphatic heterocycles. The van der Waals surface area contributed by atoms with Gasteiger partial charge in [-0.15, -0.1) is 24.2 Å². The molecule has 2 unspecified atom stereocenters. The predicted molar refractivity (Wildman–Crippen MR) is 82.4 cm³/mol. The van der Waals surface area contributed by atoms with Gasteiger partial charge in [-0.05, 0) is 18.1 Å². The Morgan fingerprint density at radius 2 is 2.25 bits per heavy atom. The number of hydrogen-bond donors (Lipinski definition) is 1. The third kappa shape index (κ3) is 3.11. The molecule has 0 aliphatic carbocycles. The molecule has 0 saturated carbocycles. The molecule has 6 heteroatoms. The van der Waals surface area contributed by atoms with Crippen LogP contribution in [-0.4, -0.2) is 48.4 Å². The first kappa shape index (κ1) is 15.6. The third-order valence-electron chi connectivity index (χ3n) is 3.64. The Hall–Kier alpha value is -0.750. The number of morpholine rings is 1. The second kappa shape index (κ2) is 6.80. The van der Waals surface area contributed by atoms with Crippen molar-refractivity contribution in [1.82, 2.24) is 4.90 Å². The molecule has 1 saturated heterocycles. The van der Waals surface area contributed by atoms with Gasteiger partial charge in [-0.2, -0.15) is 0 Å². The lowest BCUT2D eigenvalue weighted by Gasteiger charge is -2.33. The molecule has 0 spiro atoms. The number of ether oxygens (including phenoxy) is 1. The van der Waals surface area contributed by atoms with Crippen LogP contribution < -0.4 is 5.73 Å². The Bertz CT molecular complexity index is 461. The summed E-state index contributed by atoms with van der Waals surface area (Å²) in [6, 6.07) is 8.26. The van der Waals surface area contributed by atoms with Gasteiger partial charge in [-0.25, -0.2) is 0 Å². The van der Waals surface area contributed by atoms with E-state index < -0.39 is 0 Å².